The maximum Gasteiger partial charge on any atom is 0.252 e. The van der Waals surface area contributed by atoms with Gasteiger partial charge in [0.1, 0.15) is 5.82 Å². The van der Waals surface area contributed by atoms with Crippen LogP contribution < -0.4 is 10.6 Å². The van der Waals surface area contributed by atoms with Gasteiger partial charge in [-0.05, 0) is 74.6 Å². The van der Waals surface area contributed by atoms with E-state index >= 15 is 0 Å². The monoisotopic (exact) mass is 482 g/mol. The number of anilines is 2. The van der Waals surface area contributed by atoms with Crippen molar-refractivity contribution < 1.29 is 9.18 Å². The number of hydrogen-bond acceptors (Lipinski definition) is 5. The third kappa shape index (κ3) is 3.92. The highest BCUT2D eigenvalue weighted by atomic mass is 19.1. The molecule has 8 heteroatoms. The number of hydrogen-bond donors (Lipinski definition) is 2. The molecule has 4 aromatic rings. The predicted molar refractivity (Wildman–Crippen MR) is 137 cm³/mol. The summed E-state index contributed by atoms with van der Waals surface area (Å²) in [6.07, 6.45) is 4.43. The highest BCUT2D eigenvalue weighted by Crippen LogP contribution is 2.39. The minimum Gasteiger partial charge on any atom is -0.345 e. The number of nitrogens with zero attached hydrogens (tertiary/aromatic N) is 4. The Morgan fingerprint density at radius 3 is 2.61 bits per heavy atom. The second-order valence-corrected chi connectivity index (χ2v) is 9.59. The Labute approximate surface area is 208 Å². The first kappa shape index (κ1) is 22.4. The molecule has 3 heterocycles. The fourth-order valence-corrected chi connectivity index (χ4v) is 4.80. The molecule has 0 bridgehead atoms. The molecule has 7 nitrogen and oxygen atoms in total. The van der Waals surface area contributed by atoms with Gasteiger partial charge in [0, 0.05) is 41.0 Å². The zero-order chi connectivity index (χ0) is 25.0. The summed E-state index contributed by atoms with van der Waals surface area (Å²) in [6, 6.07) is 13.2. The summed E-state index contributed by atoms with van der Waals surface area (Å²) in [5, 5.41) is 10.5. The van der Waals surface area contributed by atoms with E-state index in [4.69, 9.17) is 0 Å². The normalized spacial score (nSPS) is 16.7. The fourth-order valence-electron chi connectivity index (χ4n) is 4.80. The summed E-state index contributed by atoms with van der Waals surface area (Å²) >= 11 is 0. The van der Waals surface area contributed by atoms with Crippen molar-refractivity contribution in [3.05, 3.63) is 76.9 Å². The van der Waals surface area contributed by atoms with Gasteiger partial charge in [0.25, 0.3) is 5.91 Å². The molecule has 2 aliphatic rings. The van der Waals surface area contributed by atoms with Gasteiger partial charge in [-0.3, -0.25) is 9.78 Å². The van der Waals surface area contributed by atoms with Crippen molar-refractivity contribution in [2.45, 2.75) is 52.1 Å². The fraction of sp³-hybridized carbons (Fsp3) is 0.286. The number of aryl methyl sites for hydroxylation is 2. The van der Waals surface area contributed by atoms with E-state index in [1.807, 2.05) is 26.1 Å². The lowest BCUT2D eigenvalue weighted by atomic mass is 9.99. The van der Waals surface area contributed by atoms with Crippen LogP contribution in [-0.4, -0.2) is 25.7 Å². The highest BCUT2D eigenvalue weighted by molar-refractivity contribution is 5.99. The van der Waals surface area contributed by atoms with E-state index < -0.39 is 5.82 Å². The summed E-state index contributed by atoms with van der Waals surface area (Å²) in [7, 11) is 0. The Balaban J connectivity index is 1.28. The summed E-state index contributed by atoms with van der Waals surface area (Å²) in [4.78, 5) is 21.3. The molecular weight excluding hydrogens is 455 g/mol. The first-order valence-electron chi connectivity index (χ1n) is 12.3. The molecule has 1 fully saturated rings. The lowest BCUT2D eigenvalue weighted by molar-refractivity contribution is 0.0958. The van der Waals surface area contributed by atoms with Crippen LogP contribution >= 0.6 is 0 Å². The van der Waals surface area contributed by atoms with E-state index in [1.165, 1.54) is 24.6 Å². The largest absolute Gasteiger partial charge is 0.345 e. The number of carbonyl (C=O) groups excluding carboxylic acids is 1. The zero-order valence-corrected chi connectivity index (χ0v) is 20.5. The standard InChI is InChI=1S/C28H27FN6O/c1-4-35-28(32-25-13-21-16(3)31-27(36)22(21)12-23(25)29)33-26(34-35)18-7-9-20(15(2)11-18)19-8-10-24(30-14-19)17-5-6-17/h7-14,16-17H,4-6H2,1-3H3,(H,31,36)(H,32,33,34). The SMILES string of the molecule is CCn1nc(-c2ccc(-c3ccc(C4CC4)nc3)c(C)c2)nc1Nc1cc2c(cc1F)C(=O)NC2C. The van der Waals surface area contributed by atoms with E-state index in [-0.39, 0.29) is 17.6 Å². The lowest BCUT2D eigenvalue weighted by Gasteiger charge is -2.10. The number of fused-ring (bicyclic) bond motifs is 1. The van der Waals surface area contributed by atoms with Crippen LogP contribution in [0.1, 0.15) is 65.8 Å². The van der Waals surface area contributed by atoms with E-state index in [9.17, 15) is 9.18 Å². The summed E-state index contributed by atoms with van der Waals surface area (Å²) < 4.78 is 16.5. The van der Waals surface area contributed by atoms with Gasteiger partial charge in [-0.2, -0.15) is 4.98 Å². The zero-order valence-electron chi connectivity index (χ0n) is 20.5. The molecule has 2 N–H and O–H groups in total. The molecule has 6 rings (SSSR count). The minimum atomic E-state index is -0.508. The van der Waals surface area contributed by atoms with Crippen molar-refractivity contribution in [1.29, 1.82) is 0 Å². The Hall–Kier alpha value is -4.07. The van der Waals surface area contributed by atoms with Gasteiger partial charge in [0.05, 0.1) is 11.7 Å². The number of benzene rings is 2. The Morgan fingerprint density at radius 1 is 1.11 bits per heavy atom. The third-order valence-corrected chi connectivity index (χ3v) is 6.99. The van der Waals surface area contributed by atoms with E-state index in [1.54, 1.807) is 10.7 Å². The minimum absolute atomic E-state index is 0.171. The number of halogens is 1. The molecule has 182 valence electrons. The van der Waals surface area contributed by atoms with Gasteiger partial charge < -0.3 is 10.6 Å². The number of aromatic nitrogens is 4. The number of rotatable bonds is 6. The van der Waals surface area contributed by atoms with Gasteiger partial charge in [-0.1, -0.05) is 18.2 Å². The molecular formula is C28H27FN6O. The van der Waals surface area contributed by atoms with Crippen LogP contribution in [0.4, 0.5) is 16.0 Å². The number of carbonyl (C=O) groups is 1. The smallest absolute Gasteiger partial charge is 0.252 e. The molecule has 2 aromatic heterocycles. The van der Waals surface area contributed by atoms with Gasteiger partial charge >= 0.3 is 0 Å². The Morgan fingerprint density at radius 2 is 1.92 bits per heavy atom. The molecule has 2 aromatic carbocycles. The lowest BCUT2D eigenvalue weighted by Crippen LogP contribution is -2.16. The predicted octanol–water partition coefficient (Wildman–Crippen LogP) is 5.90. The maximum atomic E-state index is 14.8. The van der Waals surface area contributed by atoms with Gasteiger partial charge in [0.2, 0.25) is 5.95 Å². The number of nitrogens with one attached hydrogen (secondary N) is 2. The number of amides is 1. The molecule has 0 spiro atoms. The average molecular weight is 483 g/mol. The molecule has 36 heavy (non-hydrogen) atoms. The first-order valence-corrected chi connectivity index (χ1v) is 12.3. The van der Waals surface area contributed by atoms with Crippen LogP contribution in [-0.2, 0) is 6.54 Å². The van der Waals surface area contributed by atoms with Crippen LogP contribution in [0.15, 0.2) is 48.7 Å². The summed E-state index contributed by atoms with van der Waals surface area (Å²) in [6.45, 7) is 6.47. The van der Waals surface area contributed by atoms with Crippen molar-refractivity contribution >= 4 is 17.5 Å². The first-order chi connectivity index (χ1) is 17.4. The molecule has 1 saturated carbocycles. The van der Waals surface area contributed by atoms with Gasteiger partial charge in [0.15, 0.2) is 5.82 Å². The average Bonchev–Trinajstić information content (AvgIpc) is 3.59. The second-order valence-electron chi connectivity index (χ2n) is 9.59. The topological polar surface area (TPSA) is 84.7 Å². The summed E-state index contributed by atoms with van der Waals surface area (Å²) in [5.41, 5.74) is 6.78. The molecule has 1 amide bonds. The summed E-state index contributed by atoms with van der Waals surface area (Å²) in [5.74, 6) is 0.876. The van der Waals surface area contributed by atoms with Gasteiger partial charge in [-0.15, -0.1) is 5.10 Å². The van der Waals surface area contributed by atoms with Gasteiger partial charge in [-0.25, -0.2) is 9.07 Å². The van der Waals surface area contributed by atoms with Crippen LogP contribution in [0, 0.1) is 12.7 Å². The Bertz CT molecular complexity index is 1490. The van der Waals surface area contributed by atoms with Crippen LogP contribution in [0.25, 0.3) is 22.5 Å². The molecule has 1 aliphatic carbocycles. The quantitative estimate of drug-likeness (QED) is 0.357. The highest BCUT2D eigenvalue weighted by Gasteiger charge is 2.28. The third-order valence-electron chi connectivity index (χ3n) is 6.99. The van der Waals surface area contributed by atoms with Crippen molar-refractivity contribution in [3.8, 4) is 22.5 Å². The van der Waals surface area contributed by atoms with E-state index in [2.05, 4.69) is 56.9 Å². The van der Waals surface area contributed by atoms with Crippen molar-refractivity contribution in [2.75, 3.05) is 5.32 Å². The van der Waals surface area contributed by atoms with Crippen molar-refractivity contribution in [2.24, 2.45) is 0 Å². The molecule has 0 saturated heterocycles. The molecule has 0 radical (unpaired) electrons. The van der Waals surface area contributed by atoms with Crippen LogP contribution in [0.3, 0.4) is 0 Å². The van der Waals surface area contributed by atoms with E-state index in [0.717, 1.165) is 27.8 Å². The van der Waals surface area contributed by atoms with Crippen molar-refractivity contribution in [1.82, 2.24) is 25.1 Å². The molecule has 1 atom stereocenters. The molecule has 1 aliphatic heterocycles. The maximum absolute atomic E-state index is 14.8. The Kier molecular flexibility index (Phi) is 5.32. The van der Waals surface area contributed by atoms with Crippen molar-refractivity contribution in [3.63, 3.8) is 0 Å². The second kappa shape index (κ2) is 8.55. The van der Waals surface area contributed by atoms with E-state index in [0.29, 0.717) is 29.8 Å². The number of pyridine rings is 1. The van der Waals surface area contributed by atoms with Crippen LogP contribution in [0.5, 0.6) is 0 Å². The van der Waals surface area contributed by atoms with Crippen LogP contribution in [0.2, 0.25) is 0 Å². The molecule has 1 unspecified atom stereocenters.